The average molecular weight is 369 g/mol. The first-order chi connectivity index (χ1) is 12.9. The van der Waals surface area contributed by atoms with Crippen molar-refractivity contribution in [2.45, 2.75) is 64.5 Å². The summed E-state index contributed by atoms with van der Waals surface area (Å²) < 4.78 is 2.09. The Morgan fingerprint density at radius 2 is 2.04 bits per heavy atom. The topological polar surface area (TPSA) is 59.0 Å². The maximum Gasteiger partial charge on any atom is 0.243 e. The standard InChI is InChI=1S/C22H32N4O/c1-21-10-8-16-14(4-6-17-22(16,2)11-9-19(27)24-17)15(21)5-7-18(21)25-20-23-12-13-26(20)3/h9,11-18H,4-8,10H2,1-3H3,(H,23,25)(H,24,27)/t14-,15-,16+,17?,18?,21-,22+/m0/s1. The highest BCUT2D eigenvalue weighted by atomic mass is 16.1. The van der Waals surface area contributed by atoms with Crippen LogP contribution in [-0.4, -0.2) is 27.5 Å². The van der Waals surface area contributed by atoms with Crippen molar-refractivity contribution in [1.29, 1.82) is 0 Å². The number of fused-ring (bicyclic) bond motifs is 5. The van der Waals surface area contributed by atoms with E-state index < -0.39 is 0 Å². The Balaban J connectivity index is 1.41. The Morgan fingerprint density at radius 3 is 2.81 bits per heavy atom. The van der Waals surface area contributed by atoms with Crippen LogP contribution in [0, 0.1) is 28.6 Å². The second-order valence-corrected chi connectivity index (χ2v) is 9.90. The molecule has 2 heterocycles. The third-order valence-corrected chi connectivity index (χ3v) is 8.81. The minimum absolute atomic E-state index is 0.0942. The largest absolute Gasteiger partial charge is 0.352 e. The van der Waals surface area contributed by atoms with Gasteiger partial charge in [0.25, 0.3) is 0 Å². The number of hydrogen-bond acceptors (Lipinski definition) is 3. The number of nitrogens with one attached hydrogen (secondary N) is 2. The smallest absolute Gasteiger partial charge is 0.243 e. The normalized spacial score (nSPS) is 45.6. The number of carbonyl (C=O) groups is 1. The highest BCUT2D eigenvalue weighted by Gasteiger charge is 2.59. The number of anilines is 1. The van der Waals surface area contributed by atoms with Gasteiger partial charge in [-0.1, -0.05) is 19.9 Å². The zero-order chi connectivity index (χ0) is 18.8. The van der Waals surface area contributed by atoms with E-state index in [4.69, 9.17) is 0 Å². The van der Waals surface area contributed by atoms with Gasteiger partial charge in [0.2, 0.25) is 11.9 Å². The molecule has 0 aromatic carbocycles. The molecule has 3 fully saturated rings. The number of amides is 1. The van der Waals surface area contributed by atoms with Crippen LogP contribution in [0.1, 0.15) is 52.4 Å². The summed E-state index contributed by atoms with van der Waals surface area (Å²) in [5.41, 5.74) is 0.473. The number of carbonyl (C=O) groups excluding carboxylic acids is 1. The molecule has 0 spiro atoms. The van der Waals surface area contributed by atoms with Crippen molar-refractivity contribution < 1.29 is 4.79 Å². The lowest BCUT2D eigenvalue weighted by atomic mass is 9.48. The van der Waals surface area contributed by atoms with Crippen molar-refractivity contribution in [3.05, 3.63) is 24.5 Å². The van der Waals surface area contributed by atoms with Crippen LogP contribution in [0.3, 0.4) is 0 Å². The minimum Gasteiger partial charge on any atom is -0.352 e. The summed E-state index contributed by atoms with van der Waals surface area (Å²) >= 11 is 0. The monoisotopic (exact) mass is 368 g/mol. The van der Waals surface area contributed by atoms with Crippen LogP contribution in [0.5, 0.6) is 0 Å². The van der Waals surface area contributed by atoms with Crippen LogP contribution >= 0.6 is 0 Å². The van der Waals surface area contributed by atoms with Gasteiger partial charge in [-0.05, 0) is 67.8 Å². The van der Waals surface area contributed by atoms with Gasteiger partial charge in [0.15, 0.2) is 0 Å². The number of imidazole rings is 1. The summed E-state index contributed by atoms with van der Waals surface area (Å²) in [4.78, 5) is 16.4. The van der Waals surface area contributed by atoms with E-state index in [1.807, 2.05) is 12.4 Å². The molecule has 146 valence electrons. The Hall–Kier alpha value is -1.78. The van der Waals surface area contributed by atoms with Crippen LogP contribution in [0.25, 0.3) is 0 Å². The van der Waals surface area contributed by atoms with E-state index in [2.05, 4.69) is 47.2 Å². The Labute approximate surface area is 162 Å². The van der Waals surface area contributed by atoms with Crippen LogP contribution in [0.15, 0.2) is 24.5 Å². The van der Waals surface area contributed by atoms with Crippen molar-refractivity contribution in [3.63, 3.8) is 0 Å². The average Bonchev–Trinajstić information content (AvgIpc) is 3.19. The zero-order valence-corrected chi connectivity index (χ0v) is 16.7. The first-order valence-electron chi connectivity index (χ1n) is 10.7. The molecule has 3 aliphatic carbocycles. The molecular formula is C22H32N4O. The maximum absolute atomic E-state index is 11.9. The quantitative estimate of drug-likeness (QED) is 0.840. The molecule has 0 radical (unpaired) electrons. The van der Waals surface area contributed by atoms with Crippen LogP contribution < -0.4 is 10.6 Å². The number of hydrogen-bond donors (Lipinski definition) is 2. The number of aryl methyl sites for hydroxylation is 1. The fourth-order valence-corrected chi connectivity index (χ4v) is 7.23. The first-order valence-corrected chi connectivity index (χ1v) is 10.7. The van der Waals surface area contributed by atoms with Crippen molar-refractivity contribution in [2.75, 3.05) is 5.32 Å². The van der Waals surface area contributed by atoms with Gasteiger partial charge < -0.3 is 15.2 Å². The molecule has 7 atom stereocenters. The molecule has 2 N–H and O–H groups in total. The molecule has 0 saturated heterocycles. The van der Waals surface area contributed by atoms with Crippen molar-refractivity contribution in [2.24, 2.45) is 35.6 Å². The predicted molar refractivity (Wildman–Crippen MR) is 106 cm³/mol. The highest BCUT2D eigenvalue weighted by molar-refractivity contribution is 5.89. The summed E-state index contributed by atoms with van der Waals surface area (Å²) in [6.45, 7) is 4.92. The van der Waals surface area contributed by atoms with E-state index in [9.17, 15) is 4.79 Å². The van der Waals surface area contributed by atoms with Gasteiger partial charge in [0.05, 0.1) is 0 Å². The molecular weight excluding hydrogens is 336 g/mol. The van der Waals surface area contributed by atoms with Crippen LogP contribution in [-0.2, 0) is 11.8 Å². The molecule has 5 heteroatoms. The summed E-state index contributed by atoms with van der Waals surface area (Å²) in [6, 6.07) is 0.833. The maximum atomic E-state index is 11.9. The number of aromatic nitrogens is 2. The van der Waals surface area contributed by atoms with Gasteiger partial charge in [-0.15, -0.1) is 0 Å². The molecule has 1 aromatic heterocycles. The molecule has 4 aliphatic rings. The fourth-order valence-electron chi connectivity index (χ4n) is 7.23. The second-order valence-electron chi connectivity index (χ2n) is 9.90. The first kappa shape index (κ1) is 17.3. The second kappa shape index (κ2) is 5.86. The van der Waals surface area contributed by atoms with Gasteiger partial charge in [0.1, 0.15) is 0 Å². The fraction of sp³-hybridized carbons (Fsp3) is 0.727. The van der Waals surface area contributed by atoms with E-state index >= 15 is 0 Å². The molecule has 3 saturated carbocycles. The number of nitrogens with zero attached hydrogens (tertiary/aromatic N) is 2. The summed E-state index contributed by atoms with van der Waals surface area (Å²) in [5, 5.41) is 7.03. The SMILES string of the molecule is Cn1ccnc1NC1CC[C@H]2[C@@H]3CCC4NC(=O)C=C[C@]4(C)[C@@H]3CC[C@]12C. The van der Waals surface area contributed by atoms with Gasteiger partial charge >= 0.3 is 0 Å². The highest BCUT2D eigenvalue weighted by Crippen LogP contribution is 2.63. The minimum atomic E-state index is 0.0942. The number of rotatable bonds is 2. The van der Waals surface area contributed by atoms with Crippen LogP contribution in [0.4, 0.5) is 5.95 Å². The van der Waals surface area contributed by atoms with Gasteiger partial charge in [-0.3, -0.25) is 4.79 Å². The lowest BCUT2D eigenvalue weighted by Gasteiger charge is -2.58. The van der Waals surface area contributed by atoms with E-state index in [-0.39, 0.29) is 11.3 Å². The van der Waals surface area contributed by atoms with E-state index in [1.165, 1.54) is 32.1 Å². The summed E-state index contributed by atoms with van der Waals surface area (Å²) in [7, 11) is 2.06. The van der Waals surface area contributed by atoms with E-state index in [0.717, 1.165) is 24.2 Å². The van der Waals surface area contributed by atoms with Gasteiger partial charge in [-0.25, -0.2) is 4.98 Å². The molecule has 2 unspecified atom stereocenters. The van der Waals surface area contributed by atoms with Gasteiger partial charge in [-0.2, -0.15) is 0 Å². The molecule has 5 rings (SSSR count). The molecule has 27 heavy (non-hydrogen) atoms. The van der Waals surface area contributed by atoms with Crippen molar-refractivity contribution >= 4 is 11.9 Å². The third kappa shape index (κ3) is 2.43. The van der Waals surface area contributed by atoms with Crippen LogP contribution in [0.2, 0.25) is 0 Å². The van der Waals surface area contributed by atoms with Crippen molar-refractivity contribution in [1.82, 2.24) is 14.9 Å². The van der Waals surface area contributed by atoms with Crippen molar-refractivity contribution in [3.8, 4) is 0 Å². The van der Waals surface area contributed by atoms with E-state index in [0.29, 0.717) is 23.4 Å². The Morgan fingerprint density at radius 1 is 1.19 bits per heavy atom. The summed E-state index contributed by atoms with van der Waals surface area (Å²) in [6.07, 6.45) is 15.4. The Bertz CT molecular complexity index is 785. The molecule has 5 nitrogen and oxygen atoms in total. The molecule has 1 aromatic rings. The molecule has 1 amide bonds. The Kier molecular flexibility index (Phi) is 3.76. The van der Waals surface area contributed by atoms with E-state index in [1.54, 1.807) is 6.08 Å². The van der Waals surface area contributed by atoms with Gasteiger partial charge in [0, 0.05) is 36.9 Å². The zero-order valence-electron chi connectivity index (χ0n) is 16.7. The third-order valence-electron chi connectivity index (χ3n) is 8.81. The lowest BCUT2D eigenvalue weighted by Crippen LogP contribution is -2.59. The predicted octanol–water partition coefficient (Wildman–Crippen LogP) is 3.50. The lowest BCUT2D eigenvalue weighted by molar-refractivity contribution is -0.122. The molecule has 0 bridgehead atoms. The molecule has 1 aliphatic heterocycles. The summed E-state index contributed by atoms with van der Waals surface area (Å²) in [5.74, 6) is 3.34.